The van der Waals surface area contributed by atoms with Gasteiger partial charge in [-0.05, 0) is 49.6 Å². The summed E-state index contributed by atoms with van der Waals surface area (Å²) in [5.74, 6) is 0.910. The number of aromatic nitrogens is 2. The number of para-hydroxylation sites is 2. The fraction of sp³-hybridized carbons (Fsp3) is 0.391. The molecule has 1 aromatic heterocycles. The number of nitrogens with zero attached hydrogens (tertiary/aromatic N) is 3. The first-order chi connectivity index (χ1) is 14.1. The minimum Gasteiger partial charge on any atom is -0.497 e. The molecule has 0 bridgehead atoms. The Bertz CT molecular complexity index is 1060. The predicted molar refractivity (Wildman–Crippen MR) is 113 cm³/mol. The lowest BCUT2D eigenvalue weighted by Gasteiger charge is -2.23. The van der Waals surface area contributed by atoms with Crippen LogP contribution in [0.3, 0.4) is 0 Å². The number of amides is 1. The quantitative estimate of drug-likeness (QED) is 0.589. The minimum atomic E-state index is -0.0466. The van der Waals surface area contributed by atoms with E-state index in [1.54, 1.807) is 16.2 Å². The van der Waals surface area contributed by atoms with Crippen LogP contribution in [0.15, 0.2) is 53.3 Å². The van der Waals surface area contributed by atoms with Gasteiger partial charge in [-0.1, -0.05) is 24.3 Å². The molecule has 0 radical (unpaired) electrons. The summed E-state index contributed by atoms with van der Waals surface area (Å²) in [6.45, 7) is 3.58. The average Bonchev–Trinajstić information content (AvgIpc) is 3.55. The van der Waals surface area contributed by atoms with Gasteiger partial charge in [-0.25, -0.2) is 4.79 Å². The normalized spacial score (nSPS) is 13.6. The van der Waals surface area contributed by atoms with Crippen LogP contribution < -0.4 is 10.4 Å². The fourth-order valence-corrected chi connectivity index (χ4v) is 3.88. The van der Waals surface area contributed by atoms with Crippen molar-refractivity contribution in [2.24, 2.45) is 0 Å². The number of methoxy groups -OCH3 is 1. The summed E-state index contributed by atoms with van der Waals surface area (Å²) in [6, 6.07) is 15.9. The summed E-state index contributed by atoms with van der Waals surface area (Å²) in [5, 5.41) is 0. The average molecular weight is 393 g/mol. The maximum Gasteiger partial charge on any atom is 0.329 e. The molecule has 2 aromatic carbocycles. The Balaban J connectivity index is 1.50. The number of hydrogen-bond acceptors (Lipinski definition) is 3. The van der Waals surface area contributed by atoms with Gasteiger partial charge < -0.3 is 9.64 Å². The Labute approximate surface area is 170 Å². The molecule has 1 amide bonds. The van der Waals surface area contributed by atoms with Crippen molar-refractivity contribution < 1.29 is 9.53 Å². The highest BCUT2D eigenvalue weighted by Gasteiger charge is 2.32. The Hall–Kier alpha value is -3.02. The molecule has 1 saturated carbocycles. The summed E-state index contributed by atoms with van der Waals surface area (Å²) >= 11 is 0. The summed E-state index contributed by atoms with van der Waals surface area (Å²) in [7, 11) is 1.65. The molecule has 0 atom stereocenters. The highest BCUT2D eigenvalue weighted by molar-refractivity contribution is 5.78. The van der Waals surface area contributed by atoms with Gasteiger partial charge in [0.25, 0.3) is 0 Å². The van der Waals surface area contributed by atoms with Crippen molar-refractivity contribution in [3.8, 4) is 5.75 Å². The fourth-order valence-electron chi connectivity index (χ4n) is 3.88. The van der Waals surface area contributed by atoms with Gasteiger partial charge in [0.15, 0.2) is 0 Å². The number of hydrogen-bond donors (Lipinski definition) is 0. The van der Waals surface area contributed by atoms with Gasteiger partial charge in [0.1, 0.15) is 5.75 Å². The first-order valence-electron chi connectivity index (χ1n) is 10.2. The van der Waals surface area contributed by atoms with E-state index in [0.29, 0.717) is 32.1 Å². The maximum absolute atomic E-state index is 13.0. The molecule has 0 spiro atoms. The zero-order valence-corrected chi connectivity index (χ0v) is 17.0. The van der Waals surface area contributed by atoms with Crippen LogP contribution in [0.5, 0.6) is 5.75 Å². The summed E-state index contributed by atoms with van der Waals surface area (Å²) in [5.41, 5.74) is 2.85. The lowest BCUT2D eigenvalue weighted by Crippen LogP contribution is -2.34. The smallest absolute Gasteiger partial charge is 0.329 e. The number of ether oxygens (including phenoxy) is 1. The van der Waals surface area contributed by atoms with Crippen molar-refractivity contribution in [3.05, 3.63) is 64.6 Å². The van der Waals surface area contributed by atoms with Crippen LogP contribution in [-0.2, 0) is 24.4 Å². The van der Waals surface area contributed by atoms with E-state index < -0.39 is 0 Å². The number of carbonyl (C=O) groups is 1. The number of carbonyl (C=O) groups excluding carboxylic acids is 1. The van der Waals surface area contributed by atoms with Gasteiger partial charge in [0.2, 0.25) is 5.91 Å². The lowest BCUT2D eigenvalue weighted by molar-refractivity contribution is -0.132. The van der Waals surface area contributed by atoms with Gasteiger partial charge in [0.05, 0.1) is 18.1 Å². The van der Waals surface area contributed by atoms with Gasteiger partial charge in [0, 0.05) is 32.1 Å². The zero-order valence-electron chi connectivity index (χ0n) is 17.0. The van der Waals surface area contributed by atoms with E-state index in [0.717, 1.165) is 35.2 Å². The summed E-state index contributed by atoms with van der Waals surface area (Å²) < 4.78 is 8.70. The number of benzene rings is 2. The van der Waals surface area contributed by atoms with Gasteiger partial charge in [-0.3, -0.25) is 13.9 Å². The second-order valence-corrected chi connectivity index (χ2v) is 7.52. The Morgan fingerprint density at radius 1 is 1.07 bits per heavy atom. The molecular formula is C23H27N3O3. The van der Waals surface area contributed by atoms with Gasteiger partial charge in [-0.2, -0.15) is 0 Å². The van der Waals surface area contributed by atoms with Crippen LogP contribution in [0.2, 0.25) is 0 Å². The lowest BCUT2D eigenvalue weighted by atomic mass is 10.2. The third kappa shape index (κ3) is 3.92. The molecule has 6 nitrogen and oxygen atoms in total. The summed E-state index contributed by atoms with van der Waals surface area (Å²) in [6.07, 6.45) is 2.43. The highest BCUT2D eigenvalue weighted by Crippen LogP contribution is 2.29. The van der Waals surface area contributed by atoms with Crippen molar-refractivity contribution in [3.63, 3.8) is 0 Å². The highest BCUT2D eigenvalue weighted by atomic mass is 16.5. The summed E-state index contributed by atoms with van der Waals surface area (Å²) in [4.78, 5) is 27.8. The van der Waals surface area contributed by atoms with E-state index in [1.807, 2.05) is 60.4 Å². The van der Waals surface area contributed by atoms with Crippen molar-refractivity contribution in [1.82, 2.24) is 14.0 Å². The molecule has 1 aliphatic rings. The van der Waals surface area contributed by atoms with Crippen LogP contribution in [-0.4, -0.2) is 33.1 Å². The molecule has 6 heteroatoms. The number of imidazole rings is 1. The first-order valence-corrected chi connectivity index (χ1v) is 10.2. The molecule has 152 valence electrons. The Morgan fingerprint density at radius 2 is 1.72 bits per heavy atom. The Kier molecular flexibility index (Phi) is 5.43. The molecule has 1 heterocycles. The van der Waals surface area contributed by atoms with Crippen LogP contribution in [0, 0.1) is 0 Å². The van der Waals surface area contributed by atoms with Crippen LogP contribution in [0.25, 0.3) is 11.0 Å². The third-order valence-corrected chi connectivity index (χ3v) is 5.61. The molecule has 0 N–H and O–H groups in total. The minimum absolute atomic E-state index is 0.0466. The molecule has 29 heavy (non-hydrogen) atoms. The van der Waals surface area contributed by atoms with Crippen molar-refractivity contribution in [1.29, 1.82) is 0 Å². The largest absolute Gasteiger partial charge is 0.497 e. The van der Waals surface area contributed by atoms with E-state index in [-0.39, 0.29) is 11.6 Å². The zero-order chi connectivity index (χ0) is 20.4. The third-order valence-electron chi connectivity index (χ3n) is 5.61. The predicted octanol–water partition coefficient (Wildman–Crippen LogP) is 3.41. The second kappa shape index (κ2) is 8.15. The molecule has 0 aliphatic heterocycles. The van der Waals surface area contributed by atoms with Gasteiger partial charge in [-0.15, -0.1) is 0 Å². The van der Waals surface area contributed by atoms with E-state index in [2.05, 4.69) is 0 Å². The Morgan fingerprint density at radius 3 is 2.31 bits per heavy atom. The van der Waals surface area contributed by atoms with Crippen LogP contribution in [0.4, 0.5) is 0 Å². The standard InChI is InChI=1S/C23H27N3O3/c1-3-24-20-6-4-5-7-21(20)25(23(24)28)15-14-22(27)26(18-10-11-18)16-17-8-12-19(29-2)13-9-17/h4-9,12-13,18H,3,10-11,14-16H2,1-2H3. The van der Waals surface area contributed by atoms with E-state index >= 15 is 0 Å². The van der Waals surface area contributed by atoms with E-state index in [9.17, 15) is 9.59 Å². The molecule has 1 fully saturated rings. The topological polar surface area (TPSA) is 56.5 Å². The molecule has 3 aromatic rings. The molecule has 0 saturated heterocycles. The molecule has 0 unspecified atom stereocenters. The number of fused-ring (bicyclic) bond motifs is 1. The monoisotopic (exact) mass is 393 g/mol. The van der Waals surface area contributed by atoms with Crippen LogP contribution in [0.1, 0.15) is 31.7 Å². The van der Waals surface area contributed by atoms with Gasteiger partial charge >= 0.3 is 5.69 Å². The molecular weight excluding hydrogens is 366 g/mol. The SMILES string of the molecule is CCn1c(=O)n(CCC(=O)N(Cc2ccc(OC)cc2)C2CC2)c2ccccc21. The molecule has 1 aliphatic carbocycles. The number of rotatable bonds is 8. The van der Waals surface area contributed by atoms with Crippen molar-refractivity contribution in [2.75, 3.05) is 7.11 Å². The first kappa shape index (κ1) is 19.3. The molecule has 4 rings (SSSR count). The van der Waals surface area contributed by atoms with Crippen LogP contribution >= 0.6 is 0 Å². The van der Waals surface area contributed by atoms with Crippen molar-refractivity contribution in [2.45, 2.75) is 51.9 Å². The van der Waals surface area contributed by atoms with Crippen molar-refractivity contribution >= 4 is 16.9 Å². The number of aryl methyl sites for hydroxylation is 2. The second-order valence-electron chi connectivity index (χ2n) is 7.52. The maximum atomic E-state index is 13.0. The van der Waals surface area contributed by atoms with E-state index in [4.69, 9.17) is 4.74 Å². The van der Waals surface area contributed by atoms with E-state index in [1.165, 1.54) is 0 Å².